The Morgan fingerprint density at radius 2 is 2.07 bits per heavy atom. The van der Waals surface area contributed by atoms with Crippen molar-refractivity contribution in [2.45, 2.75) is 6.92 Å². The van der Waals surface area contributed by atoms with E-state index in [0.29, 0.717) is 0 Å². The Hall–Kier alpha value is -1.09. The van der Waals surface area contributed by atoms with Crippen LogP contribution >= 0.6 is 15.9 Å². The number of fused-ring (bicyclic) bond motifs is 1. The molecule has 1 heterocycles. The van der Waals surface area contributed by atoms with Gasteiger partial charge in [0.15, 0.2) is 0 Å². The standard InChI is InChI=1S/C11H10BrNO/c1-7-3-4-9(14-2)10-8(7)5-6-13-11(10)12/h3-6H,1-2H3. The molecule has 0 atom stereocenters. The number of nitrogens with zero attached hydrogens (tertiary/aromatic N) is 1. The van der Waals surface area contributed by atoms with E-state index in [4.69, 9.17) is 4.74 Å². The molecule has 0 bridgehead atoms. The lowest BCUT2D eigenvalue weighted by Crippen LogP contribution is -1.89. The normalized spacial score (nSPS) is 10.5. The number of halogens is 1. The average molecular weight is 252 g/mol. The van der Waals surface area contributed by atoms with E-state index < -0.39 is 0 Å². The number of rotatable bonds is 1. The lowest BCUT2D eigenvalue weighted by atomic mass is 10.1. The van der Waals surface area contributed by atoms with Crippen molar-refractivity contribution in [1.82, 2.24) is 4.98 Å². The van der Waals surface area contributed by atoms with Crippen LogP contribution in [0.5, 0.6) is 5.75 Å². The quantitative estimate of drug-likeness (QED) is 0.726. The molecule has 0 aliphatic carbocycles. The van der Waals surface area contributed by atoms with E-state index in [0.717, 1.165) is 15.7 Å². The van der Waals surface area contributed by atoms with Crippen molar-refractivity contribution < 1.29 is 4.74 Å². The first-order valence-corrected chi connectivity index (χ1v) is 5.11. The Kier molecular flexibility index (Phi) is 2.42. The van der Waals surface area contributed by atoms with Gasteiger partial charge in [-0.2, -0.15) is 0 Å². The number of hydrogen-bond donors (Lipinski definition) is 0. The van der Waals surface area contributed by atoms with Gasteiger partial charge in [-0.1, -0.05) is 6.07 Å². The van der Waals surface area contributed by atoms with Crippen LogP contribution in [0.1, 0.15) is 5.56 Å². The number of aryl methyl sites for hydroxylation is 1. The van der Waals surface area contributed by atoms with Gasteiger partial charge >= 0.3 is 0 Å². The third-order valence-corrected chi connectivity index (χ3v) is 2.88. The molecule has 0 radical (unpaired) electrons. The molecule has 2 rings (SSSR count). The van der Waals surface area contributed by atoms with Gasteiger partial charge in [0.2, 0.25) is 0 Å². The van der Waals surface area contributed by atoms with Gasteiger partial charge < -0.3 is 4.74 Å². The summed E-state index contributed by atoms with van der Waals surface area (Å²) in [5.74, 6) is 0.852. The maximum Gasteiger partial charge on any atom is 0.129 e. The smallest absolute Gasteiger partial charge is 0.129 e. The predicted octanol–water partition coefficient (Wildman–Crippen LogP) is 3.31. The summed E-state index contributed by atoms with van der Waals surface area (Å²) in [6.45, 7) is 2.08. The summed E-state index contributed by atoms with van der Waals surface area (Å²) in [5, 5.41) is 2.21. The Morgan fingerprint density at radius 1 is 1.29 bits per heavy atom. The van der Waals surface area contributed by atoms with Crippen molar-refractivity contribution in [3.63, 3.8) is 0 Å². The molecule has 0 fully saturated rings. The monoisotopic (exact) mass is 251 g/mol. The summed E-state index contributed by atoms with van der Waals surface area (Å²) in [7, 11) is 1.67. The van der Waals surface area contributed by atoms with Crippen molar-refractivity contribution in [2.75, 3.05) is 7.11 Å². The van der Waals surface area contributed by atoms with Crippen molar-refractivity contribution in [2.24, 2.45) is 0 Å². The van der Waals surface area contributed by atoms with Gasteiger partial charge in [-0.15, -0.1) is 0 Å². The first kappa shape index (κ1) is 9.46. The van der Waals surface area contributed by atoms with E-state index in [1.807, 2.05) is 18.2 Å². The molecule has 2 nitrogen and oxygen atoms in total. The summed E-state index contributed by atoms with van der Waals surface area (Å²) in [6.07, 6.45) is 1.79. The van der Waals surface area contributed by atoms with E-state index in [-0.39, 0.29) is 0 Å². The summed E-state index contributed by atoms with van der Waals surface area (Å²) < 4.78 is 6.12. The molecule has 0 saturated carbocycles. The zero-order chi connectivity index (χ0) is 10.1. The zero-order valence-corrected chi connectivity index (χ0v) is 9.63. The van der Waals surface area contributed by atoms with E-state index in [2.05, 4.69) is 27.8 Å². The molecule has 72 valence electrons. The van der Waals surface area contributed by atoms with Crippen LogP contribution in [0, 0.1) is 6.92 Å². The third-order valence-electron chi connectivity index (χ3n) is 2.28. The lowest BCUT2D eigenvalue weighted by molar-refractivity contribution is 0.419. The van der Waals surface area contributed by atoms with Crippen molar-refractivity contribution in [3.05, 3.63) is 34.6 Å². The fourth-order valence-corrected chi connectivity index (χ4v) is 2.07. The highest BCUT2D eigenvalue weighted by atomic mass is 79.9. The number of hydrogen-bond acceptors (Lipinski definition) is 2. The van der Waals surface area contributed by atoms with Crippen LogP contribution in [0.2, 0.25) is 0 Å². The van der Waals surface area contributed by atoms with E-state index in [9.17, 15) is 0 Å². The fourth-order valence-electron chi connectivity index (χ4n) is 1.54. The first-order chi connectivity index (χ1) is 6.74. The van der Waals surface area contributed by atoms with Crippen LogP contribution < -0.4 is 4.74 Å². The van der Waals surface area contributed by atoms with Gasteiger partial charge in [-0.05, 0) is 45.9 Å². The molecular formula is C11H10BrNO. The van der Waals surface area contributed by atoms with Crippen LogP contribution in [-0.2, 0) is 0 Å². The Morgan fingerprint density at radius 3 is 2.79 bits per heavy atom. The molecule has 1 aromatic heterocycles. The minimum Gasteiger partial charge on any atom is -0.496 e. The summed E-state index contributed by atoms with van der Waals surface area (Å²) in [5.41, 5.74) is 1.23. The number of benzene rings is 1. The highest BCUT2D eigenvalue weighted by molar-refractivity contribution is 9.10. The summed E-state index contributed by atoms with van der Waals surface area (Å²) in [6, 6.07) is 6.01. The first-order valence-electron chi connectivity index (χ1n) is 4.32. The molecule has 0 aliphatic heterocycles. The second kappa shape index (κ2) is 3.58. The van der Waals surface area contributed by atoms with Crippen LogP contribution in [0.4, 0.5) is 0 Å². The van der Waals surface area contributed by atoms with Gasteiger partial charge in [0.25, 0.3) is 0 Å². The molecule has 0 saturated heterocycles. The van der Waals surface area contributed by atoms with Gasteiger partial charge in [0.1, 0.15) is 10.4 Å². The molecule has 0 spiro atoms. The topological polar surface area (TPSA) is 22.1 Å². The van der Waals surface area contributed by atoms with Crippen molar-refractivity contribution in [1.29, 1.82) is 0 Å². The maximum atomic E-state index is 5.29. The number of aromatic nitrogens is 1. The highest BCUT2D eigenvalue weighted by Crippen LogP contribution is 2.32. The van der Waals surface area contributed by atoms with Crippen molar-refractivity contribution >= 4 is 26.7 Å². The molecule has 14 heavy (non-hydrogen) atoms. The second-order valence-corrected chi connectivity index (χ2v) is 3.86. The van der Waals surface area contributed by atoms with Gasteiger partial charge in [0.05, 0.1) is 12.5 Å². The number of ether oxygens (including phenoxy) is 1. The average Bonchev–Trinajstić information content (AvgIpc) is 2.20. The van der Waals surface area contributed by atoms with Crippen molar-refractivity contribution in [3.8, 4) is 5.75 Å². The van der Waals surface area contributed by atoms with E-state index >= 15 is 0 Å². The third kappa shape index (κ3) is 1.38. The summed E-state index contributed by atoms with van der Waals surface area (Å²) in [4.78, 5) is 4.19. The van der Waals surface area contributed by atoms with E-state index in [1.54, 1.807) is 13.3 Å². The molecule has 0 unspecified atom stereocenters. The van der Waals surface area contributed by atoms with Crippen LogP contribution in [0.15, 0.2) is 29.0 Å². The lowest BCUT2D eigenvalue weighted by Gasteiger charge is -2.08. The SMILES string of the molecule is COc1ccc(C)c2ccnc(Br)c12. The second-order valence-electron chi connectivity index (χ2n) is 3.11. The van der Waals surface area contributed by atoms with Gasteiger partial charge in [-0.3, -0.25) is 0 Å². The molecule has 0 aliphatic rings. The predicted molar refractivity (Wildman–Crippen MR) is 60.7 cm³/mol. The van der Waals surface area contributed by atoms with Gasteiger partial charge in [-0.25, -0.2) is 4.98 Å². The number of pyridine rings is 1. The van der Waals surface area contributed by atoms with Gasteiger partial charge in [0, 0.05) is 6.20 Å². The summed E-state index contributed by atoms with van der Waals surface area (Å²) >= 11 is 3.43. The van der Waals surface area contributed by atoms with E-state index in [1.165, 1.54) is 10.9 Å². The van der Waals surface area contributed by atoms with Crippen LogP contribution in [0.25, 0.3) is 10.8 Å². The molecule has 2 aromatic rings. The Balaban J connectivity index is 2.92. The minimum atomic E-state index is 0.829. The molecule has 1 aromatic carbocycles. The van der Waals surface area contributed by atoms with Crippen LogP contribution in [0.3, 0.4) is 0 Å². The largest absolute Gasteiger partial charge is 0.496 e. The highest BCUT2D eigenvalue weighted by Gasteiger charge is 2.07. The molecule has 0 amide bonds. The number of methoxy groups -OCH3 is 1. The Bertz CT molecular complexity index is 482. The van der Waals surface area contributed by atoms with Crippen LogP contribution in [-0.4, -0.2) is 12.1 Å². The molecule has 0 N–H and O–H groups in total. The minimum absolute atomic E-state index is 0.829. The maximum absolute atomic E-state index is 5.29. The fraction of sp³-hybridized carbons (Fsp3) is 0.182. The Labute approximate surface area is 91.0 Å². The molecule has 3 heteroatoms. The molecular weight excluding hydrogens is 242 g/mol. The zero-order valence-electron chi connectivity index (χ0n) is 8.04.